The summed E-state index contributed by atoms with van der Waals surface area (Å²) in [5, 5.41) is 12.5. The van der Waals surface area contributed by atoms with Gasteiger partial charge in [0.05, 0.1) is 12.1 Å². The van der Waals surface area contributed by atoms with Gasteiger partial charge in [0.25, 0.3) is 0 Å². The van der Waals surface area contributed by atoms with E-state index in [4.69, 9.17) is 10.5 Å². The van der Waals surface area contributed by atoms with Crippen LogP contribution in [0.1, 0.15) is 12.5 Å². The molecular formula is C15H20F3N3O2. The maximum absolute atomic E-state index is 12.4. The molecule has 1 rings (SSSR count). The molecule has 1 aromatic carbocycles. The quantitative estimate of drug-likeness (QED) is 0.405. The number of halogens is 3. The molecule has 0 bridgehead atoms. The van der Waals surface area contributed by atoms with Gasteiger partial charge in [0.15, 0.2) is 5.96 Å². The summed E-state index contributed by atoms with van der Waals surface area (Å²) in [6.07, 6.45) is -5.32. The summed E-state index contributed by atoms with van der Waals surface area (Å²) in [7, 11) is 0. The topological polar surface area (TPSA) is 79.9 Å². The zero-order valence-electron chi connectivity index (χ0n) is 12.7. The first-order chi connectivity index (χ1) is 10.7. The zero-order valence-corrected chi connectivity index (χ0v) is 12.7. The molecule has 0 fully saturated rings. The molecule has 0 aliphatic carbocycles. The van der Waals surface area contributed by atoms with Gasteiger partial charge in [-0.15, -0.1) is 0 Å². The van der Waals surface area contributed by atoms with Gasteiger partial charge >= 0.3 is 6.18 Å². The van der Waals surface area contributed by atoms with Crippen molar-refractivity contribution in [1.82, 2.24) is 5.32 Å². The molecule has 0 saturated carbocycles. The lowest BCUT2D eigenvalue weighted by Gasteiger charge is -2.12. The van der Waals surface area contributed by atoms with Crippen molar-refractivity contribution in [1.29, 1.82) is 0 Å². The molecule has 8 heteroatoms. The number of ether oxygens (including phenoxy) is 1. The van der Waals surface area contributed by atoms with Crippen LogP contribution in [0.2, 0.25) is 0 Å². The number of alkyl halides is 3. The van der Waals surface area contributed by atoms with E-state index >= 15 is 0 Å². The highest BCUT2D eigenvalue weighted by molar-refractivity contribution is 5.78. The second-order valence-corrected chi connectivity index (χ2v) is 5.02. The van der Waals surface area contributed by atoms with Crippen molar-refractivity contribution in [2.75, 3.05) is 19.7 Å². The number of rotatable bonds is 7. The van der Waals surface area contributed by atoms with Gasteiger partial charge < -0.3 is 20.9 Å². The number of benzene rings is 1. The first-order valence-electron chi connectivity index (χ1n) is 6.84. The van der Waals surface area contributed by atoms with Gasteiger partial charge in [0.1, 0.15) is 18.5 Å². The maximum Gasteiger partial charge on any atom is 0.416 e. The molecule has 0 spiro atoms. The van der Waals surface area contributed by atoms with Crippen molar-refractivity contribution in [3.05, 3.63) is 42.0 Å². The van der Waals surface area contributed by atoms with Crippen LogP contribution in [-0.4, -0.2) is 36.9 Å². The van der Waals surface area contributed by atoms with Crippen LogP contribution in [0.5, 0.6) is 5.75 Å². The van der Waals surface area contributed by atoms with Gasteiger partial charge in [-0.1, -0.05) is 12.2 Å². The normalized spacial score (nSPS) is 13.5. The second-order valence-electron chi connectivity index (χ2n) is 5.02. The number of nitrogens with two attached hydrogens (primary N) is 1. The van der Waals surface area contributed by atoms with E-state index in [9.17, 15) is 18.3 Å². The van der Waals surface area contributed by atoms with Crippen molar-refractivity contribution < 1.29 is 23.0 Å². The van der Waals surface area contributed by atoms with E-state index < -0.39 is 17.8 Å². The van der Waals surface area contributed by atoms with E-state index in [-0.39, 0.29) is 24.9 Å². The van der Waals surface area contributed by atoms with Crippen LogP contribution in [-0.2, 0) is 6.18 Å². The second kappa shape index (κ2) is 8.42. The van der Waals surface area contributed by atoms with Crippen molar-refractivity contribution >= 4 is 5.96 Å². The van der Waals surface area contributed by atoms with Crippen molar-refractivity contribution in [2.45, 2.75) is 19.2 Å². The monoisotopic (exact) mass is 331 g/mol. The molecule has 4 N–H and O–H groups in total. The number of aliphatic hydroxyl groups is 1. The average molecular weight is 331 g/mol. The van der Waals surface area contributed by atoms with Crippen LogP contribution >= 0.6 is 0 Å². The van der Waals surface area contributed by atoms with Crippen molar-refractivity contribution in [2.24, 2.45) is 10.7 Å². The Morgan fingerprint density at radius 3 is 2.52 bits per heavy atom. The third-order valence-electron chi connectivity index (χ3n) is 2.67. The molecule has 0 aliphatic heterocycles. The van der Waals surface area contributed by atoms with E-state index in [1.54, 1.807) is 0 Å². The number of hydrogen-bond donors (Lipinski definition) is 3. The first-order valence-corrected chi connectivity index (χ1v) is 6.84. The fraction of sp³-hybridized carbons (Fsp3) is 0.400. The van der Waals surface area contributed by atoms with Gasteiger partial charge in [-0.2, -0.15) is 13.2 Å². The van der Waals surface area contributed by atoms with Crippen LogP contribution in [0, 0.1) is 0 Å². The summed E-state index contributed by atoms with van der Waals surface area (Å²) in [5.74, 6) is 0.399. The number of aliphatic imine (C=N–C) groups is 1. The minimum absolute atomic E-state index is 0.00958. The molecule has 1 aromatic rings. The van der Waals surface area contributed by atoms with Crippen molar-refractivity contribution in [3.63, 3.8) is 0 Å². The summed E-state index contributed by atoms with van der Waals surface area (Å²) < 4.78 is 42.4. The molecule has 128 valence electrons. The Morgan fingerprint density at radius 1 is 1.39 bits per heavy atom. The number of guanidine groups is 1. The highest BCUT2D eigenvalue weighted by Crippen LogP contribution is 2.30. The van der Waals surface area contributed by atoms with Crippen LogP contribution in [0.15, 0.2) is 41.4 Å². The van der Waals surface area contributed by atoms with Crippen molar-refractivity contribution in [3.8, 4) is 5.75 Å². The average Bonchev–Trinajstić information content (AvgIpc) is 2.48. The molecule has 0 radical (unpaired) electrons. The summed E-state index contributed by atoms with van der Waals surface area (Å²) in [4.78, 5) is 3.92. The lowest BCUT2D eigenvalue weighted by molar-refractivity contribution is -0.137. The van der Waals surface area contributed by atoms with Crippen LogP contribution in [0.3, 0.4) is 0 Å². The summed E-state index contributed by atoms with van der Waals surface area (Å²) in [6, 6.07) is 4.22. The Bertz CT molecular complexity index is 542. The maximum atomic E-state index is 12.4. The molecule has 1 atom stereocenters. The Labute approximate surface area is 132 Å². The number of aliphatic hydroxyl groups excluding tert-OH is 1. The van der Waals surface area contributed by atoms with Gasteiger partial charge in [0.2, 0.25) is 0 Å². The third-order valence-corrected chi connectivity index (χ3v) is 2.67. The summed E-state index contributed by atoms with van der Waals surface area (Å²) in [6.45, 7) is 5.90. The van der Waals surface area contributed by atoms with E-state index in [2.05, 4.69) is 16.9 Å². The Balaban J connectivity index is 2.39. The standard InChI is InChI=1S/C15H20F3N3O2/c1-10(2)7-20-14(19)21-8-12(22)9-23-13-5-3-11(4-6-13)15(16,17)18/h3-6,12,22H,1,7-9H2,2H3,(H3,19,20,21). The number of hydrogen-bond acceptors (Lipinski definition) is 3. The predicted octanol–water partition coefficient (Wildman–Crippen LogP) is 1.93. The number of nitrogens with zero attached hydrogens (tertiary/aromatic N) is 1. The predicted molar refractivity (Wildman–Crippen MR) is 82.3 cm³/mol. The highest BCUT2D eigenvalue weighted by Gasteiger charge is 2.30. The molecule has 0 aliphatic rings. The molecule has 0 aromatic heterocycles. The minimum atomic E-state index is -4.39. The molecule has 0 heterocycles. The lowest BCUT2D eigenvalue weighted by atomic mass is 10.2. The third kappa shape index (κ3) is 7.55. The molecular weight excluding hydrogens is 311 g/mol. The zero-order chi connectivity index (χ0) is 17.5. The fourth-order valence-corrected chi connectivity index (χ4v) is 1.49. The Morgan fingerprint density at radius 2 is 2.00 bits per heavy atom. The van der Waals surface area contributed by atoms with Crippen LogP contribution < -0.4 is 15.8 Å². The van der Waals surface area contributed by atoms with Gasteiger partial charge in [-0.25, -0.2) is 0 Å². The largest absolute Gasteiger partial charge is 0.491 e. The minimum Gasteiger partial charge on any atom is -0.491 e. The van der Waals surface area contributed by atoms with Gasteiger partial charge in [0, 0.05) is 6.54 Å². The molecule has 0 saturated heterocycles. The molecule has 0 amide bonds. The smallest absolute Gasteiger partial charge is 0.416 e. The SMILES string of the molecule is C=C(C)CNC(N)=NCC(O)COc1ccc(C(F)(F)F)cc1. The summed E-state index contributed by atoms with van der Waals surface area (Å²) in [5.41, 5.74) is 5.70. The lowest BCUT2D eigenvalue weighted by Crippen LogP contribution is -2.34. The fourth-order valence-electron chi connectivity index (χ4n) is 1.49. The molecule has 23 heavy (non-hydrogen) atoms. The Hall–Kier alpha value is -2.22. The van der Waals surface area contributed by atoms with E-state index in [1.807, 2.05) is 6.92 Å². The van der Waals surface area contributed by atoms with E-state index in [1.165, 1.54) is 12.1 Å². The summed E-state index contributed by atoms with van der Waals surface area (Å²) >= 11 is 0. The van der Waals surface area contributed by atoms with E-state index in [0.717, 1.165) is 17.7 Å². The van der Waals surface area contributed by atoms with Crippen LogP contribution in [0.25, 0.3) is 0 Å². The highest BCUT2D eigenvalue weighted by atomic mass is 19.4. The number of nitrogens with one attached hydrogen (secondary N) is 1. The van der Waals surface area contributed by atoms with Gasteiger partial charge in [-0.05, 0) is 31.2 Å². The Kier molecular flexibility index (Phi) is 6.89. The van der Waals surface area contributed by atoms with E-state index in [0.29, 0.717) is 6.54 Å². The molecule has 5 nitrogen and oxygen atoms in total. The van der Waals surface area contributed by atoms with Gasteiger partial charge in [-0.3, -0.25) is 4.99 Å². The van der Waals surface area contributed by atoms with Crippen LogP contribution in [0.4, 0.5) is 13.2 Å². The first kappa shape index (κ1) is 18.8. The molecule has 1 unspecified atom stereocenters.